The van der Waals surface area contributed by atoms with Gasteiger partial charge in [0.05, 0.1) is 5.69 Å². The molecule has 0 spiro atoms. The summed E-state index contributed by atoms with van der Waals surface area (Å²) in [5, 5.41) is 24.5. The quantitative estimate of drug-likeness (QED) is 0.555. The molecule has 7 heteroatoms. The Labute approximate surface area is 157 Å². The number of aromatic nitrogens is 3. The smallest absolute Gasteiger partial charge is 0.220 e. The zero-order valence-corrected chi connectivity index (χ0v) is 15.2. The number of nitrogens with zero attached hydrogens (tertiary/aromatic N) is 2. The molecule has 1 atom stereocenters. The summed E-state index contributed by atoms with van der Waals surface area (Å²) in [6.45, 7) is 3.43. The van der Waals surface area contributed by atoms with E-state index in [-0.39, 0.29) is 17.7 Å². The van der Waals surface area contributed by atoms with Crippen molar-refractivity contribution in [2.75, 3.05) is 6.54 Å². The summed E-state index contributed by atoms with van der Waals surface area (Å²) < 4.78 is 0. The van der Waals surface area contributed by atoms with E-state index in [1.807, 2.05) is 12.1 Å². The fourth-order valence-electron chi connectivity index (χ4n) is 3.51. The Bertz CT molecular complexity index is 954. The standard InChI is InChI=1S/C20H23N5O2/c1-2-16-19-13(10-21-14-5-8-18(27)22-11-14)9-17(23-20(19)25-24-16)12-3-6-15(26)7-4-12/h3-4,6-7,9,14,21,26H,2,5,8,10-11H2,1H3,(H,22,27)(H,23,24,25). The summed E-state index contributed by atoms with van der Waals surface area (Å²) in [7, 11) is 0. The van der Waals surface area contributed by atoms with Gasteiger partial charge in [-0.3, -0.25) is 9.89 Å². The molecule has 1 saturated heterocycles. The third-order valence-corrected chi connectivity index (χ3v) is 5.04. The molecule has 1 amide bonds. The molecule has 2 aromatic heterocycles. The maximum Gasteiger partial charge on any atom is 0.220 e. The van der Waals surface area contributed by atoms with Crippen LogP contribution in [0.2, 0.25) is 0 Å². The normalized spacial score (nSPS) is 17.2. The number of H-pyrrole nitrogens is 1. The number of phenols is 1. The van der Waals surface area contributed by atoms with Crippen LogP contribution in [0.25, 0.3) is 22.3 Å². The first-order valence-corrected chi connectivity index (χ1v) is 9.30. The summed E-state index contributed by atoms with van der Waals surface area (Å²) in [5.74, 6) is 0.353. The fraction of sp³-hybridized carbons (Fsp3) is 0.350. The molecule has 1 aliphatic rings. The van der Waals surface area contributed by atoms with E-state index >= 15 is 0 Å². The number of aromatic hydroxyl groups is 1. The van der Waals surface area contributed by atoms with Gasteiger partial charge in [-0.05, 0) is 48.7 Å². The Hall–Kier alpha value is -2.93. The van der Waals surface area contributed by atoms with Crippen molar-refractivity contribution >= 4 is 16.9 Å². The summed E-state index contributed by atoms with van der Waals surface area (Å²) >= 11 is 0. The second-order valence-corrected chi connectivity index (χ2v) is 6.89. The molecule has 7 nitrogen and oxygen atoms in total. The van der Waals surface area contributed by atoms with Gasteiger partial charge in [0, 0.05) is 42.2 Å². The zero-order valence-electron chi connectivity index (χ0n) is 15.2. The number of carbonyl (C=O) groups excluding carboxylic acids is 1. The van der Waals surface area contributed by atoms with E-state index in [0.29, 0.717) is 25.2 Å². The van der Waals surface area contributed by atoms with Crippen molar-refractivity contribution in [3.63, 3.8) is 0 Å². The summed E-state index contributed by atoms with van der Waals surface area (Å²) in [6.07, 6.45) is 2.26. The number of nitrogens with one attached hydrogen (secondary N) is 3. The van der Waals surface area contributed by atoms with Crippen LogP contribution in [0.3, 0.4) is 0 Å². The van der Waals surface area contributed by atoms with Crippen LogP contribution in [0.15, 0.2) is 30.3 Å². The second kappa shape index (κ2) is 7.36. The van der Waals surface area contributed by atoms with E-state index in [2.05, 4.69) is 33.8 Å². The number of fused-ring (bicyclic) bond motifs is 1. The Kier molecular flexibility index (Phi) is 4.77. The summed E-state index contributed by atoms with van der Waals surface area (Å²) in [5.41, 5.74) is 4.66. The van der Waals surface area contributed by atoms with E-state index in [9.17, 15) is 9.90 Å². The van der Waals surface area contributed by atoms with Crippen LogP contribution in [0.1, 0.15) is 31.0 Å². The van der Waals surface area contributed by atoms with Crippen molar-refractivity contribution in [2.45, 2.75) is 38.8 Å². The number of pyridine rings is 1. The highest BCUT2D eigenvalue weighted by molar-refractivity contribution is 5.85. The predicted octanol–water partition coefficient (Wildman–Crippen LogP) is 2.26. The van der Waals surface area contributed by atoms with Crippen molar-refractivity contribution in [1.29, 1.82) is 0 Å². The lowest BCUT2D eigenvalue weighted by Crippen LogP contribution is -2.45. The fourth-order valence-corrected chi connectivity index (χ4v) is 3.51. The maximum absolute atomic E-state index is 11.4. The Balaban J connectivity index is 1.66. The van der Waals surface area contributed by atoms with E-state index in [1.165, 1.54) is 0 Å². The minimum atomic E-state index is 0.122. The lowest BCUT2D eigenvalue weighted by Gasteiger charge is -2.23. The molecule has 140 valence electrons. The average molecular weight is 365 g/mol. The first kappa shape index (κ1) is 17.5. The molecule has 0 radical (unpaired) electrons. The summed E-state index contributed by atoms with van der Waals surface area (Å²) in [6, 6.07) is 9.37. The number of rotatable bonds is 5. The molecule has 1 fully saturated rings. The van der Waals surface area contributed by atoms with Gasteiger partial charge < -0.3 is 15.7 Å². The van der Waals surface area contributed by atoms with Gasteiger partial charge in [0.25, 0.3) is 0 Å². The highest BCUT2D eigenvalue weighted by Crippen LogP contribution is 2.27. The largest absolute Gasteiger partial charge is 0.508 e. The van der Waals surface area contributed by atoms with Crippen molar-refractivity contribution in [1.82, 2.24) is 25.8 Å². The van der Waals surface area contributed by atoms with E-state index in [0.717, 1.165) is 40.7 Å². The van der Waals surface area contributed by atoms with Crippen LogP contribution in [-0.4, -0.2) is 38.8 Å². The van der Waals surface area contributed by atoms with Crippen molar-refractivity contribution in [3.8, 4) is 17.0 Å². The molecular weight excluding hydrogens is 342 g/mol. The Morgan fingerprint density at radius 2 is 2.11 bits per heavy atom. The third-order valence-electron chi connectivity index (χ3n) is 5.04. The number of benzene rings is 1. The van der Waals surface area contributed by atoms with Gasteiger partial charge in [-0.15, -0.1) is 0 Å². The zero-order chi connectivity index (χ0) is 18.8. The van der Waals surface area contributed by atoms with E-state index in [4.69, 9.17) is 4.98 Å². The van der Waals surface area contributed by atoms with Gasteiger partial charge >= 0.3 is 0 Å². The predicted molar refractivity (Wildman–Crippen MR) is 103 cm³/mol. The molecule has 0 bridgehead atoms. The van der Waals surface area contributed by atoms with Crippen LogP contribution in [0.5, 0.6) is 5.75 Å². The second-order valence-electron chi connectivity index (χ2n) is 6.89. The molecule has 4 N–H and O–H groups in total. The van der Waals surface area contributed by atoms with Gasteiger partial charge in [-0.1, -0.05) is 6.92 Å². The van der Waals surface area contributed by atoms with Crippen LogP contribution in [0, 0.1) is 0 Å². The SMILES string of the molecule is CCc1[nH]nc2nc(-c3ccc(O)cc3)cc(CNC3CCC(=O)NC3)c12. The van der Waals surface area contributed by atoms with Gasteiger partial charge in [-0.25, -0.2) is 4.98 Å². The van der Waals surface area contributed by atoms with Gasteiger partial charge in [0.2, 0.25) is 5.91 Å². The Morgan fingerprint density at radius 1 is 1.30 bits per heavy atom. The van der Waals surface area contributed by atoms with Gasteiger partial charge in [0.1, 0.15) is 5.75 Å². The maximum atomic E-state index is 11.4. The number of aryl methyl sites for hydroxylation is 1. The molecule has 0 aliphatic carbocycles. The number of carbonyl (C=O) groups is 1. The molecule has 3 aromatic rings. The van der Waals surface area contributed by atoms with Crippen LogP contribution in [0.4, 0.5) is 0 Å². The monoisotopic (exact) mass is 365 g/mol. The Morgan fingerprint density at radius 3 is 2.81 bits per heavy atom. The molecule has 0 saturated carbocycles. The van der Waals surface area contributed by atoms with Crippen LogP contribution < -0.4 is 10.6 Å². The van der Waals surface area contributed by atoms with E-state index < -0.39 is 0 Å². The lowest BCUT2D eigenvalue weighted by molar-refractivity contribution is -0.122. The number of hydrogen-bond donors (Lipinski definition) is 4. The third kappa shape index (κ3) is 3.64. The average Bonchev–Trinajstić information content (AvgIpc) is 3.11. The number of amides is 1. The summed E-state index contributed by atoms with van der Waals surface area (Å²) in [4.78, 5) is 16.1. The number of piperidine rings is 1. The number of hydrogen-bond acceptors (Lipinski definition) is 5. The minimum Gasteiger partial charge on any atom is -0.508 e. The molecular formula is C20H23N5O2. The molecule has 27 heavy (non-hydrogen) atoms. The van der Waals surface area contributed by atoms with Crippen molar-refractivity contribution < 1.29 is 9.90 Å². The number of aromatic amines is 1. The molecule has 4 rings (SSSR count). The topological polar surface area (TPSA) is 103 Å². The molecule has 3 heterocycles. The number of phenolic OH excluding ortho intramolecular Hbond substituents is 1. The minimum absolute atomic E-state index is 0.122. The molecule has 1 unspecified atom stereocenters. The molecule has 1 aliphatic heterocycles. The first-order valence-electron chi connectivity index (χ1n) is 9.30. The highest BCUT2D eigenvalue weighted by atomic mass is 16.3. The highest BCUT2D eigenvalue weighted by Gasteiger charge is 2.19. The first-order chi connectivity index (χ1) is 13.1. The van der Waals surface area contributed by atoms with Crippen molar-refractivity contribution in [3.05, 3.63) is 41.6 Å². The van der Waals surface area contributed by atoms with Crippen LogP contribution >= 0.6 is 0 Å². The van der Waals surface area contributed by atoms with E-state index in [1.54, 1.807) is 12.1 Å². The van der Waals surface area contributed by atoms with Crippen LogP contribution in [-0.2, 0) is 17.8 Å². The molecule has 1 aromatic carbocycles. The van der Waals surface area contributed by atoms with Gasteiger partial charge in [0.15, 0.2) is 5.65 Å². The van der Waals surface area contributed by atoms with Crippen molar-refractivity contribution in [2.24, 2.45) is 0 Å². The lowest BCUT2D eigenvalue weighted by atomic mass is 10.0. The van der Waals surface area contributed by atoms with Gasteiger partial charge in [-0.2, -0.15) is 5.10 Å².